The largest absolute Gasteiger partial charge is 0.255 e. The molecule has 1 aromatic heterocycles. The quantitative estimate of drug-likeness (QED) is 0.340. The van der Waals surface area contributed by atoms with Crippen molar-refractivity contribution in [1.82, 2.24) is 4.98 Å². The van der Waals surface area contributed by atoms with Crippen LogP contribution in [0.4, 0.5) is 0 Å². The van der Waals surface area contributed by atoms with Crippen LogP contribution in [-0.2, 0) is 9.84 Å². The number of fused-ring (bicyclic) bond motifs is 6. The Morgan fingerprint density at radius 1 is 0.667 bits per heavy atom. The summed E-state index contributed by atoms with van der Waals surface area (Å²) in [5, 5.41) is 5.80. The highest BCUT2D eigenvalue weighted by molar-refractivity contribution is 7.92. The van der Waals surface area contributed by atoms with Gasteiger partial charge in [0.25, 0.3) is 0 Å². The number of nitrogens with zero attached hydrogens (tertiary/aromatic N) is 1. The predicted octanol–water partition coefficient (Wildman–Crippen LogP) is 5.35. The van der Waals surface area contributed by atoms with Gasteiger partial charge in [-0.3, -0.25) is 4.98 Å². The molecule has 3 nitrogen and oxygen atoms in total. The van der Waals surface area contributed by atoms with Crippen molar-refractivity contribution >= 4 is 42.2 Å². The number of sulfone groups is 1. The van der Waals surface area contributed by atoms with Crippen LogP contribution in [0.2, 0.25) is 0 Å². The number of aromatic nitrogens is 1. The van der Waals surface area contributed by atoms with Gasteiger partial charge in [0.05, 0.1) is 15.5 Å². The van der Waals surface area contributed by atoms with E-state index in [1.807, 2.05) is 48.5 Å². The Kier molecular flexibility index (Phi) is 2.72. The minimum Gasteiger partial charge on any atom is -0.255 e. The summed E-state index contributed by atoms with van der Waals surface area (Å²) in [5.41, 5.74) is 1.42. The summed E-state index contributed by atoms with van der Waals surface area (Å²) in [6.45, 7) is 0. The van der Waals surface area contributed by atoms with Gasteiger partial charge in [-0.2, -0.15) is 0 Å². The molecule has 0 N–H and O–H groups in total. The van der Waals surface area contributed by atoms with Crippen LogP contribution in [0.5, 0.6) is 0 Å². The van der Waals surface area contributed by atoms with Gasteiger partial charge in [-0.25, -0.2) is 8.42 Å². The molecule has 0 aliphatic carbocycles. The standard InChI is InChI=1S/C23H13NO2S/c25-27(26)20-8-4-3-7-18(20)23-22-17(11-12-24-23)16-10-9-14-5-1-2-6-15(14)19(16)13-21(22)27/h1-13H. The van der Waals surface area contributed by atoms with E-state index in [1.165, 1.54) is 0 Å². The predicted molar refractivity (Wildman–Crippen MR) is 108 cm³/mol. The van der Waals surface area contributed by atoms with Gasteiger partial charge in [-0.15, -0.1) is 0 Å². The number of hydrogen-bond acceptors (Lipinski definition) is 3. The zero-order valence-electron chi connectivity index (χ0n) is 14.2. The number of pyridine rings is 1. The molecule has 1 aliphatic rings. The Balaban J connectivity index is 1.95. The lowest BCUT2D eigenvalue weighted by molar-refractivity contribution is 0.596. The Bertz CT molecular complexity index is 1540. The molecule has 4 aromatic carbocycles. The van der Waals surface area contributed by atoms with E-state index >= 15 is 0 Å². The van der Waals surface area contributed by atoms with Gasteiger partial charge in [0, 0.05) is 17.1 Å². The molecule has 0 radical (unpaired) electrons. The first-order chi connectivity index (χ1) is 13.2. The van der Waals surface area contributed by atoms with Crippen LogP contribution in [-0.4, -0.2) is 13.4 Å². The molecule has 128 valence electrons. The normalized spacial score (nSPS) is 14.5. The van der Waals surface area contributed by atoms with Crippen LogP contribution in [0, 0.1) is 0 Å². The van der Waals surface area contributed by atoms with Crippen molar-refractivity contribution in [2.24, 2.45) is 0 Å². The first-order valence-electron chi connectivity index (χ1n) is 8.74. The monoisotopic (exact) mass is 367 g/mol. The SMILES string of the molecule is O=S1(=O)c2ccccc2-c2nccc3c2c1cc1c2ccccc2ccc31. The van der Waals surface area contributed by atoms with E-state index in [0.717, 1.165) is 38.0 Å². The zero-order valence-corrected chi connectivity index (χ0v) is 15.0. The van der Waals surface area contributed by atoms with Crippen LogP contribution in [0.15, 0.2) is 88.8 Å². The Morgan fingerprint density at radius 3 is 2.41 bits per heavy atom. The summed E-state index contributed by atoms with van der Waals surface area (Å²) in [7, 11) is -3.61. The smallest absolute Gasteiger partial charge is 0.207 e. The van der Waals surface area contributed by atoms with Crippen molar-refractivity contribution in [1.29, 1.82) is 0 Å². The summed E-state index contributed by atoms with van der Waals surface area (Å²) in [4.78, 5) is 5.23. The molecule has 0 saturated heterocycles. The summed E-state index contributed by atoms with van der Waals surface area (Å²) in [6, 6.07) is 23.1. The average molecular weight is 367 g/mol. The van der Waals surface area contributed by atoms with E-state index in [-0.39, 0.29) is 0 Å². The van der Waals surface area contributed by atoms with E-state index in [2.05, 4.69) is 17.1 Å². The number of hydrogen-bond donors (Lipinski definition) is 0. The second-order valence-electron chi connectivity index (χ2n) is 6.84. The lowest BCUT2D eigenvalue weighted by Gasteiger charge is -2.21. The van der Waals surface area contributed by atoms with E-state index in [1.54, 1.807) is 18.3 Å². The maximum absolute atomic E-state index is 13.4. The molecule has 0 amide bonds. The minimum atomic E-state index is -3.61. The summed E-state index contributed by atoms with van der Waals surface area (Å²) in [6.07, 6.45) is 1.77. The molecule has 0 atom stereocenters. The maximum Gasteiger partial charge on any atom is 0.207 e. The summed E-state index contributed by atoms with van der Waals surface area (Å²) < 4.78 is 26.9. The van der Waals surface area contributed by atoms with Crippen molar-refractivity contribution in [2.75, 3.05) is 0 Å². The molecule has 0 bridgehead atoms. The molecule has 0 saturated carbocycles. The molecule has 5 aromatic rings. The third-order valence-corrected chi connectivity index (χ3v) is 7.29. The van der Waals surface area contributed by atoms with E-state index < -0.39 is 9.84 Å². The average Bonchev–Trinajstić information content (AvgIpc) is 2.71. The highest BCUT2D eigenvalue weighted by Crippen LogP contribution is 2.46. The highest BCUT2D eigenvalue weighted by Gasteiger charge is 2.32. The molecule has 0 fully saturated rings. The van der Waals surface area contributed by atoms with Crippen LogP contribution >= 0.6 is 0 Å². The summed E-state index contributed by atoms with van der Waals surface area (Å²) in [5.74, 6) is 0. The minimum absolute atomic E-state index is 0.331. The maximum atomic E-state index is 13.4. The van der Waals surface area contributed by atoms with Crippen molar-refractivity contribution in [2.45, 2.75) is 9.79 Å². The van der Waals surface area contributed by atoms with Gasteiger partial charge in [0.15, 0.2) is 0 Å². The molecular formula is C23H13NO2S. The fraction of sp³-hybridized carbons (Fsp3) is 0. The molecule has 2 heterocycles. The van der Waals surface area contributed by atoms with Gasteiger partial charge in [-0.1, -0.05) is 54.6 Å². The molecule has 1 aliphatic heterocycles. The van der Waals surface area contributed by atoms with Gasteiger partial charge < -0.3 is 0 Å². The Morgan fingerprint density at radius 2 is 1.48 bits per heavy atom. The van der Waals surface area contributed by atoms with Crippen LogP contribution in [0.1, 0.15) is 0 Å². The third-order valence-electron chi connectivity index (χ3n) is 5.45. The fourth-order valence-electron chi connectivity index (χ4n) is 4.26. The van der Waals surface area contributed by atoms with E-state index in [9.17, 15) is 8.42 Å². The van der Waals surface area contributed by atoms with Crippen molar-refractivity contribution in [3.05, 3.63) is 79.0 Å². The topological polar surface area (TPSA) is 47.0 Å². The first kappa shape index (κ1) is 14.9. The van der Waals surface area contributed by atoms with E-state index in [0.29, 0.717) is 15.4 Å². The number of rotatable bonds is 0. The van der Waals surface area contributed by atoms with Crippen molar-refractivity contribution < 1.29 is 8.42 Å². The lowest BCUT2D eigenvalue weighted by atomic mass is 9.95. The van der Waals surface area contributed by atoms with Crippen molar-refractivity contribution in [3.63, 3.8) is 0 Å². The molecule has 0 spiro atoms. The molecule has 4 heteroatoms. The van der Waals surface area contributed by atoms with Crippen LogP contribution < -0.4 is 0 Å². The van der Waals surface area contributed by atoms with E-state index in [4.69, 9.17) is 0 Å². The first-order valence-corrected chi connectivity index (χ1v) is 10.2. The zero-order chi connectivity index (χ0) is 18.2. The van der Waals surface area contributed by atoms with Crippen LogP contribution in [0.25, 0.3) is 43.6 Å². The van der Waals surface area contributed by atoms with Gasteiger partial charge in [0.2, 0.25) is 9.84 Å². The van der Waals surface area contributed by atoms with Crippen LogP contribution in [0.3, 0.4) is 0 Å². The Labute approximate surface area is 155 Å². The van der Waals surface area contributed by atoms with Gasteiger partial charge in [-0.05, 0) is 45.1 Å². The molecular weight excluding hydrogens is 354 g/mol. The van der Waals surface area contributed by atoms with Gasteiger partial charge >= 0.3 is 0 Å². The van der Waals surface area contributed by atoms with Crippen molar-refractivity contribution in [3.8, 4) is 11.3 Å². The molecule has 6 rings (SSSR count). The highest BCUT2D eigenvalue weighted by atomic mass is 32.2. The third kappa shape index (κ3) is 1.80. The number of benzene rings is 4. The summed E-state index contributed by atoms with van der Waals surface area (Å²) >= 11 is 0. The molecule has 0 unspecified atom stereocenters. The fourth-order valence-corrected chi connectivity index (χ4v) is 5.95. The van der Waals surface area contributed by atoms with Gasteiger partial charge in [0.1, 0.15) is 0 Å². The second kappa shape index (κ2) is 4.93. The second-order valence-corrected chi connectivity index (χ2v) is 8.72. The lowest BCUT2D eigenvalue weighted by Crippen LogP contribution is -2.10. The molecule has 27 heavy (non-hydrogen) atoms. The Hall–Kier alpha value is -3.24.